The lowest BCUT2D eigenvalue weighted by Gasteiger charge is -2.26. The molecule has 5 nitrogen and oxygen atoms in total. The maximum absolute atomic E-state index is 11.7. The van der Waals surface area contributed by atoms with Gasteiger partial charge in [0.15, 0.2) is 0 Å². The fourth-order valence-corrected chi connectivity index (χ4v) is 1.05. The van der Waals surface area contributed by atoms with Crippen LogP contribution in [0.2, 0.25) is 0 Å². The van der Waals surface area contributed by atoms with Gasteiger partial charge in [-0.2, -0.15) is 0 Å². The Morgan fingerprint density at radius 2 is 2.12 bits per heavy atom. The zero-order valence-electron chi connectivity index (χ0n) is 11.2. The van der Waals surface area contributed by atoms with Crippen molar-refractivity contribution in [1.29, 1.82) is 0 Å². The van der Waals surface area contributed by atoms with E-state index in [1.54, 1.807) is 13.8 Å². The van der Waals surface area contributed by atoms with Crippen LogP contribution in [-0.2, 0) is 9.53 Å². The number of hydrogen-bond acceptors (Lipinski definition) is 3. The molecular weight excluding hydrogens is 210 g/mol. The van der Waals surface area contributed by atoms with E-state index in [2.05, 4.69) is 0 Å². The summed E-state index contributed by atoms with van der Waals surface area (Å²) in [7, 11) is 0. The minimum atomic E-state index is -1.07. The molecule has 5 heteroatoms. The molecule has 94 valence electrons. The largest absolute Gasteiger partial charge is 0.480 e. The molecule has 0 aromatic rings. The molecule has 0 radical (unpaired) electrons. The first-order valence-electron chi connectivity index (χ1n) is 6.02. The fourth-order valence-electron chi connectivity index (χ4n) is 1.05. The molecule has 0 fully saturated rings. The van der Waals surface area contributed by atoms with E-state index in [9.17, 15) is 9.59 Å². The summed E-state index contributed by atoms with van der Waals surface area (Å²) in [6.45, 7) is 5.13. The molecule has 0 spiro atoms. The first-order valence-corrected chi connectivity index (χ1v) is 5.31. The topological polar surface area (TPSA) is 66.8 Å². The van der Waals surface area contributed by atoms with Crippen LogP contribution < -0.4 is 0 Å². The highest BCUT2D eigenvalue weighted by Crippen LogP contribution is 2.10. The van der Waals surface area contributed by atoms with Gasteiger partial charge in [-0.15, -0.1) is 0 Å². The first kappa shape index (κ1) is 12.8. The number of rotatable bonds is 5. The lowest BCUT2D eigenvalue weighted by atomic mass is 10.2. The molecule has 0 aromatic carbocycles. The number of aliphatic carboxylic acids is 1. The summed E-state index contributed by atoms with van der Waals surface area (Å²) in [5.74, 6) is -1.07. The molecule has 0 aliphatic rings. The van der Waals surface area contributed by atoms with Crippen LogP contribution in [0.5, 0.6) is 0 Å². The number of nitrogens with zero attached hydrogens (tertiary/aromatic N) is 1. The zero-order chi connectivity index (χ0) is 13.5. The number of amides is 1. The number of carboxylic acids is 1. The van der Waals surface area contributed by atoms with Gasteiger partial charge in [-0.3, -0.25) is 9.69 Å². The quantitative estimate of drug-likeness (QED) is 0.789. The van der Waals surface area contributed by atoms with Gasteiger partial charge in [-0.1, -0.05) is 13.3 Å². The van der Waals surface area contributed by atoms with Crippen LogP contribution in [0.1, 0.15) is 41.9 Å². The average Bonchev–Trinajstić information content (AvgIpc) is 2.23. The molecule has 0 rings (SSSR count). The van der Waals surface area contributed by atoms with E-state index >= 15 is 0 Å². The Morgan fingerprint density at radius 3 is 2.56 bits per heavy atom. The third-order valence-corrected chi connectivity index (χ3v) is 1.73. The van der Waals surface area contributed by atoms with Crippen LogP contribution in [0.15, 0.2) is 0 Å². The summed E-state index contributed by atoms with van der Waals surface area (Å²) in [4.78, 5) is 23.5. The van der Waals surface area contributed by atoms with Crippen molar-refractivity contribution in [2.24, 2.45) is 0 Å². The smallest absolute Gasteiger partial charge is 0.410 e. The van der Waals surface area contributed by atoms with Crippen LogP contribution in [0.4, 0.5) is 4.79 Å². The Hall–Kier alpha value is -1.26. The summed E-state index contributed by atoms with van der Waals surface area (Å²) < 4.78 is 12.3. The Morgan fingerprint density at radius 1 is 1.50 bits per heavy atom. The van der Waals surface area contributed by atoms with Crippen molar-refractivity contribution in [3.8, 4) is 0 Å². The van der Waals surface area contributed by atoms with Crippen molar-refractivity contribution in [3.63, 3.8) is 0 Å². The second kappa shape index (κ2) is 6.35. The maximum Gasteiger partial charge on any atom is 0.410 e. The molecule has 0 heterocycles. The molecule has 16 heavy (non-hydrogen) atoms. The summed E-state index contributed by atoms with van der Waals surface area (Å²) in [6, 6.07) is 0. The second-order valence-electron chi connectivity index (χ2n) is 4.30. The van der Waals surface area contributed by atoms with E-state index in [0.717, 1.165) is 17.7 Å². The van der Waals surface area contributed by atoms with Crippen LogP contribution in [0, 0.1) is 0 Å². The third-order valence-electron chi connectivity index (χ3n) is 1.73. The highest BCUT2D eigenvalue weighted by Gasteiger charge is 2.23. The Kier molecular flexibility index (Phi) is 5.08. The highest BCUT2D eigenvalue weighted by molar-refractivity contribution is 5.76. The summed E-state index contributed by atoms with van der Waals surface area (Å²) in [5, 5.41) is 8.70. The number of ether oxygens (including phenoxy) is 1. The van der Waals surface area contributed by atoms with Gasteiger partial charge in [-0.05, 0) is 27.2 Å². The Balaban J connectivity index is 4.46. The second-order valence-corrected chi connectivity index (χ2v) is 4.30. The fraction of sp³-hybridized carbons (Fsp3) is 0.818. The van der Waals surface area contributed by atoms with E-state index in [1.165, 1.54) is 0 Å². The van der Waals surface area contributed by atoms with E-state index in [-0.39, 0.29) is 13.4 Å². The molecule has 1 amide bonds. The first-order chi connectivity index (χ1) is 7.82. The van der Waals surface area contributed by atoms with Crippen molar-refractivity contribution in [2.45, 2.75) is 46.1 Å². The zero-order valence-corrected chi connectivity index (χ0v) is 10.2. The van der Waals surface area contributed by atoms with Gasteiger partial charge < -0.3 is 9.84 Å². The molecule has 0 saturated carbocycles. The van der Waals surface area contributed by atoms with Crippen molar-refractivity contribution in [3.05, 3.63) is 0 Å². The molecule has 0 unspecified atom stereocenters. The van der Waals surface area contributed by atoms with Crippen LogP contribution >= 0.6 is 0 Å². The minimum absolute atomic E-state index is 0.0621. The molecule has 0 bridgehead atoms. The predicted octanol–water partition coefficient (Wildman–Crippen LogP) is 2.11. The van der Waals surface area contributed by atoms with Crippen LogP contribution in [-0.4, -0.2) is 40.8 Å². The highest BCUT2D eigenvalue weighted by atomic mass is 16.6. The lowest BCUT2D eigenvalue weighted by molar-refractivity contribution is -0.138. The van der Waals surface area contributed by atoms with Gasteiger partial charge in [-0.25, -0.2) is 4.79 Å². The number of carbonyl (C=O) groups is 2. The van der Waals surface area contributed by atoms with Gasteiger partial charge in [0.1, 0.15) is 12.1 Å². The minimum Gasteiger partial charge on any atom is -0.480 e. The summed E-state index contributed by atoms with van der Waals surface area (Å²) in [6.07, 6.45) is 0.924. The summed E-state index contributed by atoms with van der Waals surface area (Å²) in [5.41, 5.74) is -0.889. The maximum atomic E-state index is 11.7. The van der Waals surface area contributed by atoms with Crippen LogP contribution in [0.3, 0.4) is 0 Å². The van der Waals surface area contributed by atoms with E-state index in [4.69, 9.17) is 11.2 Å². The SMILES string of the molecule is [3H]CC(C)(C)OC(=O)N(CCCC)CC(=O)O. The van der Waals surface area contributed by atoms with Crippen molar-refractivity contribution in [2.75, 3.05) is 13.1 Å². The molecule has 0 atom stereocenters. The molecule has 0 aromatic heterocycles. The van der Waals surface area contributed by atoms with Crippen molar-refractivity contribution >= 4 is 12.1 Å². The van der Waals surface area contributed by atoms with Gasteiger partial charge in [0.25, 0.3) is 0 Å². The van der Waals surface area contributed by atoms with E-state index < -0.39 is 17.7 Å². The van der Waals surface area contributed by atoms with E-state index in [0.29, 0.717) is 6.54 Å². The molecule has 0 saturated heterocycles. The van der Waals surface area contributed by atoms with Crippen molar-refractivity contribution in [1.82, 2.24) is 4.90 Å². The number of hydrogen-bond donors (Lipinski definition) is 1. The molecular formula is C11H21NO4. The number of unbranched alkanes of at least 4 members (excludes halogenated alkanes) is 1. The Bertz CT molecular complexity index is 268. The molecule has 0 aliphatic heterocycles. The Labute approximate surface area is 97.8 Å². The normalized spacial score (nSPS) is 11.8. The van der Waals surface area contributed by atoms with Gasteiger partial charge in [0.05, 0.1) is 0 Å². The van der Waals surface area contributed by atoms with Crippen molar-refractivity contribution < 1.29 is 20.8 Å². The van der Waals surface area contributed by atoms with E-state index in [1.807, 2.05) is 6.92 Å². The predicted molar refractivity (Wildman–Crippen MR) is 60.4 cm³/mol. The monoisotopic (exact) mass is 233 g/mol. The lowest BCUT2D eigenvalue weighted by Crippen LogP contribution is -2.40. The molecule has 1 N–H and O–H groups in total. The average molecular weight is 233 g/mol. The summed E-state index contributed by atoms with van der Waals surface area (Å²) >= 11 is 0. The van der Waals surface area contributed by atoms with Gasteiger partial charge in [0, 0.05) is 7.92 Å². The van der Waals surface area contributed by atoms with Crippen LogP contribution in [0.25, 0.3) is 0 Å². The standard InChI is InChI=1S/C11H21NO4/c1-5-6-7-12(8-9(13)14)10(15)16-11(2,3)4/h5-8H2,1-4H3,(H,13,14)/i2T. The number of carbonyl (C=O) groups excluding carboxylic acids is 1. The molecule has 0 aliphatic carbocycles. The third kappa shape index (κ3) is 7.09. The van der Waals surface area contributed by atoms with Gasteiger partial charge >= 0.3 is 12.1 Å². The number of carboxylic acid groups (broad SMARTS) is 1. The van der Waals surface area contributed by atoms with Gasteiger partial charge in [0.2, 0.25) is 0 Å².